The number of nitrogens with zero attached hydrogens (tertiary/aromatic N) is 2. The zero-order chi connectivity index (χ0) is 24.2. The Balaban J connectivity index is 1.35. The zero-order valence-corrected chi connectivity index (χ0v) is 19.9. The highest BCUT2D eigenvalue weighted by molar-refractivity contribution is 7.89. The molecule has 1 fully saturated rings. The molecule has 8 nitrogen and oxygen atoms in total. The summed E-state index contributed by atoms with van der Waals surface area (Å²) in [6.45, 7) is 0.687. The van der Waals surface area contributed by atoms with E-state index in [1.165, 1.54) is 16.4 Å². The van der Waals surface area contributed by atoms with Gasteiger partial charge in [0.2, 0.25) is 10.0 Å². The Labute approximate surface area is 203 Å². The van der Waals surface area contributed by atoms with Crippen molar-refractivity contribution in [3.8, 4) is 0 Å². The number of amides is 2. The highest BCUT2D eigenvalue weighted by Crippen LogP contribution is 2.35. The van der Waals surface area contributed by atoms with Crippen LogP contribution in [0.25, 0.3) is 0 Å². The van der Waals surface area contributed by atoms with Crippen LogP contribution in [0.15, 0.2) is 78.0 Å². The Bertz CT molecular complexity index is 1250. The molecule has 2 heterocycles. The minimum atomic E-state index is -3.73. The molecule has 1 aliphatic rings. The van der Waals surface area contributed by atoms with E-state index in [9.17, 15) is 18.3 Å². The number of aliphatic hydroxyl groups is 1. The van der Waals surface area contributed by atoms with Gasteiger partial charge in [0.05, 0.1) is 10.5 Å². The maximum Gasteiger partial charge on any atom is 0.319 e. The lowest BCUT2D eigenvalue weighted by Gasteiger charge is -2.38. The quantitative estimate of drug-likeness (QED) is 0.477. The lowest BCUT2D eigenvalue weighted by atomic mass is 9.85. The molecule has 1 aromatic heterocycles. The third-order valence-corrected chi connectivity index (χ3v) is 7.99. The molecule has 0 saturated carbocycles. The first-order valence-electron chi connectivity index (χ1n) is 10.8. The van der Waals surface area contributed by atoms with Gasteiger partial charge >= 0.3 is 6.03 Å². The predicted octanol–water partition coefficient (Wildman–Crippen LogP) is 3.73. The van der Waals surface area contributed by atoms with E-state index in [1.807, 2.05) is 6.07 Å². The molecule has 1 aliphatic heterocycles. The number of sulfonamides is 1. The molecule has 2 amide bonds. The molecule has 10 heteroatoms. The van der Waals surface area contributed by atoms with Gasteiger partial charge < -0.3 is 15.7 Å². The summed E-state index contributed by atoms with van der Waals surface area (Å²) in [4.78, 5) is 16.2. The van der Waals surface area contributed by atoms with Crippen LogP contribution in [0.2, 0.25) is 5.02 Å². The van der Waals surface area contributed by atoms with Crippen molar-refractivity contribution in [3.05, 3.63) is 89.2 Å². The molecule has 0 unspecified atom stereocenters. The number of halogens is 1. The van der Waals surface area contributed by atoms with Crippen molar-refractivity contribution in [2.24, 2.45) is 0 Å². The number of pyridine rings is 1. The van der Waals surface area contributed by atoms with Crippen molar-refractivity contribution in [2.45, 2.75) is 29.9 Å². The molecule has 1 saturated heterocycles. The van der Waals surface area contributed by atoms with E-state index in [4.69, 9.17) is 11.6 Å². The number of urea groups is 1. The van der Waals surface area contributed by atoms with Crippen molar-refractivity contribution in [3.63, 3.8) is 0 Å². The Hall–Kier alpha value is -2.98. The van der Waals surface area contributed by atoms with E-state index >= 15 is 0 Å². The number of carbonyl (C=O) groups excluding carboxylic acids is 1. The molecule has 3 N–H and O–H groups in total. The van der Waals surface area contributed by atoms with Crippen LogP contribution in [0, 0.1) is 0 Å². The molecule has 0 atom stereocenters. The molecule has 4 rings (SSSR count). The maximum atomic E-state index is 13.1. The molecular formula is C24H25ClN4O4S. The van der Waals surface area contributed by atoms with Crippen LogP contribution in [-0.2, 0) is 22.2 Å². The number of piperidine rings is 1. The monoisotopic (exact) mass is 500 g/mol. The molecule has 0 aliphatic carbocycles. The van der Waals surface area contributed by atoms with Gasteiger partial charge in [0, 0.05) is 42.7 Å². The summed E-state index contributed by atoms with van der Waals surface area (Å²) in [6, 6.07) is 16.3. The van der Waals surface area contributed by atoms with E-state index in [0.717, 1.165) is 5.56 Å². The summed E-state index contributed by atoms with van der Waals surface area (Å²) in [6.07, 6.45) is 3.85. The van der Waals surface area contributed by atoms with Gasteiger partial charge in [0.15, 0.2) is 0 Å². The lowest BCUT2D eigenvalue weighted by Crippen LogP contribution is -2.45. The van der Waals surface area contributed by atoms with Gasteiger partial charge in [-0.3, -0.25) is 4.98 Å². The fraction of sp³-hybridized carbons (Fsp3) is 0.250. The average molecular weight is 501 g/mol. The molecule has 0 radical (unpaired) electrons. The highest BCUT2D eigenvalue weighted by Gasteiger charge is 2.38. The smallest absolute Gasteiger partial charge is 0.319 e. The molecule has 178 valence electrons. The number of aromatic nitrogens is 1. The minimum Gasteiger partial charge on any atom is -0.385 e. The van der Waals surface area contributed by atoms with Gasteiger partial charge in [0.1, 0.15) is 0 Å². The standard InChI is InChI=1S/C24H25ClN4O4S/c25-20-5-1-4-19(15-20)24(31)10-13-29(14-11-24)34(32,33)22-8-6-21(7-9-22)28-23(30)27-17-18-3-2-12-26-16-18/h1-9,12,15-16,31H,10-11,13-14,17H2,(H2,27,28,30). The second-order valence-corrected chi connectivity index (χ2v) is 10.5. The first-order chi connectivity index (χ1) is 16.3. The number of anilines is 1. The fourth-order valence-electron chi connectivity index (χ4n) is 3.88. The van der Waals surface area contributed by atoms with Gasteiger partial charge in [-0.05, 0) is 66.4 Å². The first-order valence-corrected chi connectivity index (χ1v) is 12.6. The van der Waals surface area contributed by atoms with Gasteiger partial charge in [-0.1, -0.05) is 29.8 Å². The number of rotatable bonds is 6. The van der Waals surface area contributed by atoms with E-state index in [-0.39, 0.29) is 30.8 Å². The van der Waals surface area contributed by atoms with Crippen LogP contribution in [0.1, 0.15) is 24.0 Å². The molecule has 3 aromatic rings. The second-order valence-electron chi connectivity index (χ2n) is 8.14. The summed E-state index contributed by atoms with van der Waals surface area (Å²) in [5.74, 6) is 0. The van der Waals surface area contributed by atoms with E-state index < -0.39 is 21.7 Å². The van der Waals surface area contributed by atoms with Crippen LogP contribution in [-0.4, -0.2) is 41.9 Å². The maximum absolute atomic E-state index is 13.1. The molecule has 34 heavy (non-hydrogen) atoms. The third kappa shape index (κ3) is 5.56. The topological polar surface area (TPSA) is 112 Å². The first kappa shape index (κ1) is 24.2. The third-order valence-electron chi connectivity index (χ3n) is 5.84. The largest absolute Gasteiger partial charge is 0.385 e. The van der Waals surface area contributed by atoms with Crippen LogP contribution in [0.5, 0.6) is 0 Å². The van der Waals surface area contributed by atoms with Crippen molar-refractivity contribution in [1.29, 1.82) is 0 Å². The second kappa shape index (κ2) is 10.1. The van der Waals surface area contributed by atoms with Gasteiger partial charge in [0.25, 0.3) is 0 Å². The van der Waals surface area contributed by atoms with Crippen molar-refractivity contribution in [1.82, 2.24) is 14.6 Å². The van der Waals surface area contributed by atoms with Crippen molar-refractivity contribution >= 4 is 33.3 Å². The number of hydrogen-bond acceptors (Lipinski definition) is 5. The summed E-state index contributed by atoms with van der Waals surface area (Å²) in [5, 5.41) is 17.0. The molecule has 2 aromatic carbocycles. The lowest BCUT2D eigenvalue weighted by molar-refractivity contribution is -0.00961. The summed E-state index contributed by atoms with van der Waals surface area (Å²) in [7, 11) is -3.73. The van der Waals surface area contributed by atoms with Gasteiger partial charge in [-0.2, -0.15) is 4.31 Å². The Morgan fingerprint density at radius 2 is 1.82 bits per heavy atom. The van der Waals surface area contributed by atoms with Crippen LogP contribution >= 0.6 is 11.6 Å². The Morgan fingerprint density at radius 3 is 2.47 bits per heavy atom. The van der Waals surface area contributed by atoms with E-state index in [0.29, 0.717) is 22.8 Å². The zero-order valence-electron chi connectivity index (χ0n) is 18.3. The highest BCUT2D eigenvalue weighted by atomic mass is 35.5. The van der Waals surface area contributed by atoms with Crippen LogP contribution < -0.4 is 10.6 Å². The van der Waals surface area contributed by atoms with Crippen molar-refractivity contribution < 1.29 is 18.3 Å². The van der Waals surface area contributed by atoms with Crippen LogP contribution in [0.4, 0.5) is 10.5 Å². The predicted molar refractivity (Wildman–Crippen MR) is 130 cm³/mol. The Kier molecular flexibility index (Phi) is 7.18. The van der Waals surface area contributed by atoms with E-state index in [2.05, 4.69) is 15.6 Å². The fourth-order valence-corrected chi connectivity index (χ4v) is 5.51. The number of hydrogen-bond donors (Lipinski definition) is 3. The van der Waals surface area contributed by atoms with Crippen molar-refractivity contribution in [2.75, 3.05) is 18.4 Å². The summed E-state index contributed by atoms with van der Waals surface area (Å²) in [5.41, 5.74) is 0.905. The summed E-state index contributed by atoms with van der Waals surface area (Å²) < 4.78 is 27.6. The van der Waals surface area contributed by atoms with Crippen LogP contribution in [0.3, 0.4) is 0 Å². The van der Waals surface area contributed by atoms with Gasteiger partial charge in [-0.15, -0.1) is 0 Å². The number of benzene rings is 2. The average Bonchev–Trinajstić information content (AvgIpc) is 2.84. The molecular weight excluding hydrogens is 476 g/mol. The minimum absolute atomic E-state index is 0.127. The Morgan fingerprint density at radius 1 is 1.09 bits per heavy atom. The van der Waals surface area contributed by atoms with Gasteiger partial charge in [-0.25, -0.2) is 13.2 Å². The summed E-state index contributed by atoms with van der Waals surface area (Å²) >= 11 is 6.05. The number of nitrogens with one attached hydrogen (secondary N) is 2. The SMILES string of the molecule is O=C(NCc1cccnc1)Nc1ccc(S(=O)(=O)N2CCC(O)(c3cccc(Cl)c3)CC2)cc1. The molecule has 0 spiro atoms. The normalized spacial score (nSPS) is 16.1. The number of carbonyl (C=O) groups is 1. The van der Waals surface area contributed by atoms with E-state index in [1.54, 1.807) is 54.9 Å². The molecule has 0 bridgehead atoms.